The highest BCUT2D eigenvalue weighted by atomic mass is 32.2. The van der Waals surface area contributed by atoms with E-state index in [2.05, 4.69) is 9.88 Å². The second-order valence-electron chi connectivity index (χ2n) is 8.04. The number of likely N-dealkylation sites (tertiary alicyclic amines) is 1. The van der Waals surface area contributed by atoms with E-state index in [0.717, 1.165) is 73.2 Å². The van der Waals surface area contributed by atoms with E-state index in [9.17, 15) is 14.3 Å². The molecular formula is C22H28FN3O2S. The average Bonchev–Trinajstić information content (AvgIpc) is 2.74. The number of hydrogen-bond acceptors (Lipinski definition) is 5. The molecule has 2 aromatic rings. The van der Waals surface area contributed by atoms with Gasteiger partial charge in [-0.15, -0.1) is 0 Å². The first-order chi connectivity index (χ1) is 14.0. The molecule has 1 aromatic heterocycles. The number of halogens is 1. The third kappa shape index (κ3) is 4.57. The zero-order valence-corrected chi connectivity index (χ0v) is 17.6. The molecule has 156 valence electrons. The number of hydrogen-bond donors (Lipinski definition) is 1. The second-order valence-corrected chi connectivity index (χ2v) is 9.10. The second kappa shape index (κ2) is 8.98. The van der Waals surface area contributed by atoms with Crippen LogP contribution in [0.3, 0.4) is 0 Å². The molecule has 0 radical (unpaired) electrons. The summed E-state index contributed by atoms with van der Waals surface area (Å²) in [6, 6.07) is 6.15. The minimum atomic E-state index is -0.549. The van der Waals surface area contributed by atoms with E-state index < -0.39 is 6.10 Å². The highest BCUT2D eigenvalue weighted by Gasteiger charge is 2.26. The van der Waals surface area contributed by atoms with E-state index >= 15 is 0 Å². The first-order valence-corrected chi connectivity index (χ1v) is 11.4. The number of benzene rings is 1. The Hall–Kier alpha value is -1.70. The Labute approximate surface area is 175 Å². The molecule has 0 bridgehead atoms. The number of aromatic nitrogens is 2. The molecule has 3 heterocycles. The van der Waals surface area contributed by atoms with Gasteiger partial charge >= 0.3 is 0 Å². The fourth-order valence-electron chi connectivity index (χ4n) is 4.35. The largest absolute Gasteiger partial charge is 0.388 e. The van der Waals surface area contributed by atoms with E-state index in [1.54, 1.807) is 23.9 Å². The van der Waals surface area contributed by atoms with E-state index in [1.807, 2.05) is 11.5 Å². The minimum Gasteiger partial charge on any atom is -0.388 e. The number of rotatable bonds is 5. The molecule has 1 atom stereocenters. The first-order valence-electron chi connectivity index (χ1n) is 10.4. The number of thioether (sulfide) groups is 1. The summed E-state index contributed by atoms with van der Waals surface area (Å²) in [7, 11) is 0. The predicted molar refractivity (Wildman–Crippen MR) is 113 cm³/mol. The van der Waals surface area contributed by atoms with Crippen LogP contribution in [-0.2, 0) is 13.0 Å². The van der Waals surface area contributed by atoms with Crippen LogP contribution in [0.15, 0.2) is 34.2 Å². The number of aliphatic hydroxyl groups excluding tert-OH is 1. The zero-order valence-electron chi connectivity index (χ0n) is 16.8. The molecule has 4 rings (SSSR count). The van der Waals surface area contributed by atoms with Crippen molar-refractivity contribution in [3.63, 3.8) is 0 Å². The van der Waals surface area contributed by atoms with Crippen LogP contribution >= 0.6 is 11.8 Å². The minimum absolute atomic E-state index is 0.126. The lowest BCUT2D eigenvalue weighted by Gasteiger charge is -2.34. The Morgan fingerprint density at radius 2 is 1.97 bits per heavy atom. The van der Waals surface area contributed by atoms with Gasteiger partial charge < -0.3 is 10.0 Å². The summed E-state index contributed by atoms with van der Waals surface area (Å²) < 4.78 is 14.9. The van der Waals surface area contributed by atoms with Gasteiger partial charge in [-0.3, -0.25) is 9.36 Å². The van der Waals surface area contributed by atoms with Crippen LogP contribution < -0.4 is 5.56 Å². The molecule has 1 N–H and O–H groups in total. The third-order valence-corrected chi connectivity index (χ3v) is 7.22. The van der Waals surface area contributed by atoms with E-state index in [1.165, 1.54) is 12.1 Å². The van der Waals surface area contributed by atoms with Crippen molar-refractivity contribution >= 4 is 11.8 Å². The molecule has 2 aliphatic rings. The molecular weight excluding hydrogens is 389 g/mol. The Balaban J connectivity index is 1.34. The fourth-order valence-corrected chi connectivity index (χ4v) is 5.34. The monoisotopic (exact) mass is 417 g/mol. The van der Waals surface area contributed by atoms with Crippen molar-refractivity contribution in [2.45, 2.75) is 50.4 Å². The maximum absolute atomic E-state index is 13.1. The van der Waals surface area contributed by atoms with Gasteiger partial charge in [-0.1, -0.05) is 23.9 Å². The maximum atomic E-state index is 13.1. The molecule has 1 aromatic carbocycles. The van der Waals surface area contributed by atoms with Gasteiger partial charge in [0, 0.05) is 30.1 Å². The molecule has 5 nitrogen and oxygen atoms in total. The van der Waals surface area contributed by atoms with Crippen LogP contribution in [-0.4, -0.2) is 44.9 Å². The molecule has 29 heavy (non-hydrogen) atoms. The molecule has 0 amide bonds. The summed E-state index contributed by atoms with van der Waals surface area (Å²) >= 11 is 1.67. The summed E-state index contributed by atoms with van der Waals surface area (Å²) in [5.41, 5.74) is 2.61. The molecule has 2 aliphatic heterocycles. The van der Waals surface area contributed by atoms with Crippen LogP contribution in [0.1, 0.15) is 42.2 Å². The van der Waals surface area contributed by atoms with Gasteiger partial charge in [-0.25, -0.2) is 9.37 Å². The van der Waals surface area contributed by atoms with Crippen molar-refractivity contribution in [2.24, 2.45) is 5.92 Å². The topological polar surface area (TPSA) is 58.4 Å². The molecule has 1 saturated heterocycles. The number of piperidine rings is 1. The highest BCUT2D eigenvalue weighted by molar-refractivity contribution is 7.99. The number of nitrogens with zero attached hydrogens (tertiary/aromatic N) is 3. The van der Waals surface area contributed by atoms with Crippen molar-refractivity contribution in [3.05, 3.63) is 57.3 Å². The lowest BCUT2D eigenvalue weighted by atomic mass is 9.87. The smallest absolute Gasteiger partial charge is 0.257 e. The molecule has 7 heteroatoms. The van der Waals surface area contributed by atoms with Gasteiger partial charge in [0.05, 0.1) is 6.10 Å². The summed E-state index contributed by atoms with van der Waals surface area (Å²) in [5, 5.41) is 11.5. The highest BCUT2D eigenvalue weighted by Crippen LogP contribution is 2.31. The van der Waals surface area contributed by atoms with Gasteiger partial charge in [-0.2, -0.15) is 0 Å². The van der Waals surface area contributed by atoms with Crippen molar-refractivity contribution < 1.29 is 9.50 Å². The lowest BCUT2D eigenvalue weighted by Crippen LogP contribution is -2.38. The zero-order chi connectivity index (χ0) is 20.4. The standard InChI is InChI=1S/C22H28FN3O2S/c1-15-19(21(28)26-10-2-14-29-22(26)24-15)9-13-25-11-7-17(8-12-25)20(27)16-3-5-18(23)6-4-16/h3-6,17,20,27H,2,7-14H2,1H3. The Kier molecular flexibility index (Phi) is 6.37. The average molecular weight is 418 g/mol. The first kappa shape index (κ1) is 20.6. The number of fused-ring (bicyclic) bond motifs is 1. The summed E-state index contributed by atoms with van der Waals surface area (Å²) in [6.07, 6.45) is 2.98. The maximum Gasteiger partial charge on any atom is 0.257 e. The van der Waals surface area contributed by atoms with Crippen LogP contribution in [0.2, 0.25) is 0 Å². The van der Waals surface area contributed by atoms with E-state index in [-0.39, 0.29) is 17.3 Å². The van der Waals surface area contributed by atoms with Crippen molar-refractivity contribution in [1.82, 2.24) is 14.5 Å². The predicted octanol–water partition coefficient (Wildman–Crippen LogP) is 3.17. The third-order valence-electron chi connectivity index (χ3n) is 6.16. The van der Waals surface area contributed by atoms with Gasteiger partial charge in [0.2, 0.25) is 0 Å². The summed E-state index contributed by atoms with van der Waals surface area (Å²) in [4.78, 5) is 19.9. The van der Waals surface area contributed by atoms with Crippen molar-refractivity contribution in [2.75, 3.05) is 25.4 Å². The fraction of sp³-hybridized carbons (Fsp3) is 0.545. The number of aryl methyl sites for hydroxylation is 1. The molecule has 0 spiro atoms. The molecule has 1 unspecified atom stereocenters. The molecule has 1 fully saturated rings. The summed E-state index contributed by atoms with van der Waals surface area (Å²) in [6.45, 7) is 5.35. The molecule has 0 aliphatic carbocycles. The van der Waals surface area contributed by atoms with Crippen LogP contribution in [0.5, 0.6) is 0 Å². The van der Waals surface area contributed by atoms with Crippen LogP contribution in [0.4, 0.5) is 4.39 Å². The Morgan fingerprint density at radius 1 is 1.24 bits per heavy atom. The quantitative estimate of drug-likeness (QED) is 0.758. The van der Waals surface area contributed by atoms with Gasteiger partial charge in [-0.05, 0) is 69.3 Å². The van der Waals surface area contributed by atoms with E-state index in [0.29, 0.717) is 6.42 Å². The summed E-state index contributed by atoms with van der Waals surface area (Å²) in [5.74, 6) is 0.938. The lowest BCUT2D eigenvalue weighted by molar-refractivity contribution is 0.0591. The number of aliphatic hydroxyl groups is 1. The SMILES string of the molecule is Cc1nc2n(c(=O)c1CCN1CCC(C(O)c3ccc(F)cc3)CC1)CCCS2. The van der Waals surface area contributed by atoms with E-state index in [4.69, 9.17) is 0 Å². The van der Waals surface area contributed by atoms with Crippen LogP contribution in [0, 0.1) is 18.7 Å². The van der Waals surface area contributed by atoms with Gasteiger partial charge in [0.15, 0.2) is 5.16 Å². The Morgan fingerprint density at radius 3 is 2.69 bits per heavy atom. The van der Waals surface area contributed by atoms with Crippen molar-refractivity contribution in [3.8, 4) is 0 Å². The normalized spacial score (nSPS) is 19.1. The van der Waals surface area contributed by atoms with Crippen LogP contribution in [0.25, 0.3) is 0 Å². The Bertz CT molecular complexity index is 908. The van der Waals surface area contributed by atoms with Gasteiger partial charge in [0.1, 0.15) is 5.82 Å². The molecule has 0 saturated carbocycles. The van der Waals surface area contributed by atoms with Crippen molar-refractivity contribution in [1.29, 1.82) is 0 Å². The van der Waals surface area contributed by atoms with Gasteiger partial charge in [0.25, 0.3) is 5.56 Å².